The number of rotatable bonds is 5. The molecule has 1 heterocycles. The zero-order valence-electron chi connectivity index (χ0n) is 10.4. The minimum Gasteiger partial charge on any atom is -0.489 e. The first kappa shape index (κ1) is 13.0. The third-order valence-electron chi connectivity index (χ3n) is 2.80. The van der Waals surface area contributed by atoms with Crippen LogP contribution in [0.2, 0.25) is 5.02 Å². The van der Waals surface area contributed by atoms with Crippen LogP contribution in [0.25, 0.3) is 0 Å². The number of nitrogens with one attached hydrogen (secondary N) is 1. The van der Waals surface area contributed by atoms with E-state index in [4.69, 9.17) is 20.8 Å². The first-order valence-electron chi connectivity index (χ1n) is 5.82. The molecule has 0 amide bonds. The summed E-state index contributed by atoms with van der Waals surface area (Å²) in [5.74, 6) is 0.763. The van der Waals surface area contributed by atoms with E-state index in [1.165, 1.54) is 0 Å². The SMILES string of the molecule is CNC(c1ccoc1)C(C)Oc1cccc(Cl)c1. The summed E-state index contributed by atoms with van der Waals surface area (Å²) in [7, 11) is 1.90. The maximum atomic E-state index is 5.93. The third-order valence-corrected chi connectivity index (χ3v) is 3.04. The standard InChI is InChI=1S/C14H16ClNO2/c1-10(14(16-2)11-6-7-17-9-11)18-13-5-3-4-12(15)8-13/h3-10,14,16H,1-2H3. The lowest BCUT2D eigenvalue weighted by atomic mass is 10.1. The highest BCUT2D eigenvalue weighted by atomic mass is 35.5. The Bertz CT molecular complexity index is 484. The fourth-order valence-electron chi connectivity index (χ4n) is 1.95. The summed E-state index contributed by atoms with van der Waals surface area (Å²) in [6, 6.07) is 9.40. The maximum Gasteiger partial charge on any atom is 0.121 e. The second-order valence-electron chi connectivity index (χ2n) is 4.10. The summed E-state index contributed by atoms with van der Waals surface area (Å²) < 4.78 is 11.0. The maximum absolute atomic E-state index is 5.93. The Hall–Kier alpha value is -1.45. The van der Waals surface area contributed by atoms with Gasteiger partial charge in [-0.3, -0.25) is 0 Å². The lowest BCUT2D eigenvalue weighted by molar-refractivity contribution is 0.175. The first-order valence-corrected chi connectivity index (χ1v) is 6.20. The van der Waals surface area contributed by atoms with Gasteiger partial charge in [0.05, 0.1) is 18.6 Å². The Labute approximate surface area is 112 Å². The van der Waals surface area contributed by atoms with Crippen molar-refractivity contribution in [2.24, 2.45) is 0 Å². The number of ether oxygens (including phenoxy) is 1. The Balaban J connectivity index is 2.08. The van der Waals surface area contributed by atoms with Crippen LogP contribution >= 0.6 is 11.6 Å². The fraction of sp³-hybridized carbons (Fsp3) is 0.286. The largest absolute Gasteiger partial charge is 0.489 e. The van der Waals surface area contributed by atoms with Crippen molar-refractivity contribution in [1.82, 2.24) is 5.32 Å². The Morgan fingerprint density at radius 1 is 1.33 bits per heavy atom. The van der Waals surface area contributed by atoms with Crippen molar-refractivity contribution in [2.75, 3.05) is 7.05 Å². The van der Waals surface area contributed by atoms with Gasteiger partial charge in [0, 0.05) is 10.6 Å². The lowest BCUT2D eigenvalue weighted by Gasteiger charge is -2.23. The van der Waals surface area contributed by atoms with Crippen LogP contribution in [0.15, 0.2) is 47.3 Å². The monoisotopic (exact) mass is 265 g/mol. The van der Waals surface area contributed by atoms with Crippen LogP contribution in [-0.2, 0) is 0 Å². The molecule has 18 heavy (non-hydrogen) atoms. The highest BCUT2D eigenvalue weighted by molar-refractivity contribution is 6.30. The molecule has 0 saturated carbocycles. The third kappa shape index (κ3) is 3.06. The van der Waals surface area contributed by atoms with Gasteiger partial charge in [0.15, 0.2) is 0 Å². The molecule has 4 heteroatoms. The van der Waals surface area contributed by atoms with E-state index in [-0.39, 0.29) is 12.1 Å². The molecular weight excluding hydrogens is 250 g/mol. The van der Waals surface area contributed by atoms with E-state index in [1.807, 2.05) is 38.2 Å². The Morgan fingerprint density at radius 2 is 2.17 bits per heavy atom. The van der Waals surface area contributed by atoms with Crippen LogP contribution in [0.5, 0.6) is 5.75 Å². The first-order chi connectivity index (χ1) is 8.70. The molecular formula is C14H16ClNO2. The van der Waals surface area contributed by atoms with Gasteiger partial charge in [0.25, 0.3) is 0 Å². The molecule has 0 aliphatic heterocycles. The molecule has 0 aliphatic carbocycles. The smallest absolute Gasteiger partial charge is 0.121 e. The van der Waals surface area contributed by atoms with E-state index in [9.17, 15) is 0 Å². The summed E-state index contributed by atoms with van der Waals surface area (Å²) >= 11 is 5.93. The molecule has 2 unspecified atom stereocenters. The number of halogens is 1. The second kappa shape index (κ2) is 5.94. The molecule has 2 rings (SSSR count). The molecule has 2 atom stereocenters. The molecule has 1 N–H and O–H groups in total. The fourth-order valence-corrected chi connectivity index (χ4v) is 2.13. The highest BCUT2D eigenvalue weighted by Crippen LogP contribution is 2.24. The molecule has 0 spiro atoms. The molecule has 0 radical (unpaired) electrons. The predicted octanol–water partition coefficient (Wildman–Crippen LogP) is 3.66. The van der Waals surface area contributed by atoms with E-state index >= 15 is 0 Å². The zero-order valence-corrected chi connectivity index (χ0v) is 11.1. The molecule has 3 nitrogen and oxygen atoms in total. The van der Waals surface area contributed by atoms with Crippen LogP contribution in [0.4, 0.5) is 0 Å². The van der Waals surface area contributed by atoms with Gasteiger partial charge >= 0.3 is 0 Å². The number of furan rings is 1. The summed E-state index contributed by atoms with van der Waals surface area (Å²) in [6.45, 7) is 2.01. The van der Waals surface area contributed by atoms with Gasteiger partial charge in [0.1, 0.15) is 11.9 Å². The van der Waals surface area contributed by atoms with Crippen molar-refractivity contribution in [3.05, 3.63) is 53.4 Å². The van der Waals surface area contributed by atoms with Gasteiger partial charge in [-0.2, -0.15) is 0 Å². The molecule has 96 valence electrons. The molecule has 1 aromatic heterocycles. The van der Waals surface area contributed by atoms with Crippen LogP contribution in [-0.4, -0.2) is 13.2 Å². The average molecular weight is 266 g/mol. The normalized spacial score (nSPS) is 14.2. The molecule has 2 aromatic rings. The van der Waals surface area contributed by atoms with Crippen molar-refractivity contribution < 1.29 is 9.15 Å². The van der Waals surface area contributed by atoms with Gasteiger partial charge in [-0.05, 0) is 38.2 Å². The minimum absolute atomic E-state index is 0.0360. The second-order valence-corrected chi connectivity index (χ2v) is 4.54. The molecule has 1 aromatic carbocycles. The van der Waals surface area contributed by atoms with E-state index in [1.54, 1.807) is 18.6 Å². The molecule has 0 aliphatic rings. The van der Waals surface area contributed by atoms with Crippen molar-refractivity contribution in [1.29, 1.82) is 0 Å². The topological polar surface area (TPSA) is 34.4 Å². The Morgan fingerprint density at radius 3 is 2.78 bits per heavy atom. The van der Waals surface area contributed by atoms with E-state index in [0.717, 1.165) is 11.3 Å². The zero-order chi connectivity index (χ0) is 13.0. The quantitative estimate of drug-likeness (QED) is 0.896. The van der Waals surface area contributed by atoms with Crippen molar-refractivity contribution in [3.63, 3.8) is 0 Å². The van der Waals surface area contributed by atoms with Gasteiger partial charge in [-0.25, -0.2) is 0 Å². The number of benzene rings is 1. The van der Waals surface area contributed by atoms with E-state index in [2.05, 4.69) is 5.32 Å². The van der Waals surface area contributed by atoms with Gasteiger partial charge in [-0.1, -0.05) is 17.7 Å². The van der Waals surface area contributed by atoms with Crippen molar-refractivity contribution in [3.8, 4) is 5.75 Å². The van der Waals surface area contributed by atoms with Gasteiger partial charge < -0.3 is 14.5 Å². The van der Waals surface area contributed by atoms with Gasteiger partial charge in [0.2, 0.25) is 0 Å². The van der Waals surface area contributed by atoms with E-state index < -0.39 is 0 Å². The van der Waals surface area contributed by atoms with Crippen LogP contribution in [0.3, 0.4) is 0 Å². The summed E-state index contributed by atoms with van der Waals surface area (Å²) in [5, 5.41) is 3.89. The van der Waals surface area contributed by atoms with Gasteiger partial charge in [-0.15, -0.1) is 0 Å². The van der Waals surface area contributed by atoms with Crippen LogP contribution in [0.1, 0.15) is 18.5 Å². The lowest BCUT2D eigenvalue weighted by Crippen LogP contribution is -2.31. The molecule has 0 saturated heterocycles. The molecule has 0 bridgehead atoms. The van der Waals surface area contributed by atoms with Crippen molar-refractivity contribution >= 4 is 11.6 Å². The molecule has 0 fully saturated rings. The average Bonchev–Trinajstić information content (AvgIpc) is 2.83. The van der Waals surface area contributed by atoms with Crippen molar-refractivity contribution in [2.45, 2.75) is 19.1 Å². The number of likely N-dealkylation sites (N-methyl/N-ethyl adjacent to an activating group) is 1. The Kier molecular flexibility index (Phi) is 4.28. The van der Waals surface area contributed by atoms with Crippen LogP contribution < -0.4 is 10.1 Å². The predicted molar refractivity (Wildman–Crippen MR) is 72.1 cm³/mol. The highest BCUT2D eigenvalue weighted by Gasteiger charge is 2.20. The minimum atomic E-state index is -0.0360. The summed E-state index contributed by atoms with van der Waals surface area (Å²) in [5.41, 5.74) is 1.06. The van der Waals surface area contributed by atoms with Crippen LogP contribution in [0, 0.1) is 0 Å². The summed E-state index contributed by atoms with van der Waals surface area (Å²) in [4.78, 5) is 0. The number of hydrogen-bond donors (Lipinski definition) is 1. The summed E-state index contributed by atoms with van der Waals surface area (Å²) in [6.07, 6.45) is 3.34. The number of hydrogen-bond acceptors (Lipinski definition) is 3. The van der Waals surface area contributed by atoms with E-state index in [0.29, 0.717) is 5.02 Å².